The molecule has 5 heteroatoms. The SMILES string of the molecule is CCCc1ccc(OC(OCC(F)(F)F)C23CCC(CC2)C3)cc1. The van der Waals surface area contributed by atoms with Gasteiger partial charge in [-0.1, -0.05) is 25.5 Å². The fourth-order valence-electron chi connectivity index (χ4n) is 4.22. The number of benzene rings is 1. The highest BCUT2D eigenvalue weighted by Crippen LogP contribution is 2.57. The number of alkyl halides is 3. The third kappa shape index (κ3) is 4.05. The Morgan fingerprint density at radius 3 is 2.33 bits per heavy atom. The first-order valence-corrected chi connectivity index (χ1v) is 8.84. The molecule has 0 amide bonds. The Morgan fingerprint density at radius 2 is 1.83 bits per heavy atom. The number of rotatable bonds is 7. The zero-order valence-corrected chi connectivity index (χ0v) is 14.1. The highest BCUT2D eigenvalue weighted by molar-refractivity contribution is 5.27. The van der Waals surface area contributed by atoms with Gasteiger partial charge in [0.25, 0.3) is 0 Å². The van der Waals surface area contributed by atoms with Gasteiger partial charge in [0.1, 0.15) is 12.4 Å². The lowest BCUT2D eigenvalue weighted by Gasteiger charge is -2.35. The normalized spacial score (nSPS) is 27.4. The van der Waals surface area contributed by atoms with E-state index in [1.165, 1.54) is 5.56 Å². The van der Waals surface area contributed by atoms with Gasteiger partial charge in [-0.15, -0.1) is 0 Å². The van der Waals surface area contributed by atoms with Crippen LogP contribution in [0.25, 0.3) is 0 Å². The molecule has 2 nitrogen and oxygen atoms in total. The highest BCUT2D eigenvalue weighted by atomic mass is 19.4. The first-order valence-electron chi connectivity index (χ1n) is 8.84. The van der Waals surface area contributed by atoms with Gasteiger partial charge in [0, 0.05) is 5.41 Å². The molecule has 2 saturated carbocycles. The molecule has 2 bridgehead atoms. The summed E-state index contributed by atoms with van der Waals surface area (Å²) in [6, 6.07) is 7.63. The molecule has 0 N–H and O–H groups in total. The first kappa shape index (κ1) is 17.6. The lowest BCUT2D eigenvalue weighted by atomic mass is 9.83. The van der Waals surface area contributed by atoms with Crippen molar-refractivity contribution in [2.45, 2.75) is 64.3 Å². The second-order valence-corrected chi connectivity index (χ2v) is 7.28. The number of halogens is 3. The fraction of sp³-hybridized carbons (Fsp3) is 0.684. The monoisotopic (exact) mass is 342 g/mol. The summed E-state index contributed by atoms with van der Waals surface area (Å²) in [5, 5.41) is 0. The Morgan fingerprint density at radius 1 is 1.17 bits per heavy atom. The van der Waals surface area contributed by atoms with Crippen molar-refractivity contribution in [3.8, 4) is 5.75 Å². The number of ether oxygens (including phenoxy) is 2. The molecule has 0 spiro atoms. The van der Waals surface area contributed by atoms with Crippen LogP contribution in [0.2, 0.25) is 0 Å². The van der Waals surface area contributed by atoms with Gasteiger partial charge in [0.2, 0.25) is 6.29 Å². The van der Waals surface area contributed by atoms with Crippen LogP contribution in [-0.2, 0) is 11.2 Å². The molecule has 1 atom stereocenters. The summed E-state index contributed by atoms with van der Waals surface area (Å²) in [5.74, 6) is 1.21. The smallest absolute Gasteiger partial charge is 0.411 e. The third-order valence-corrected chi connectivity index (χ3v) is 5.40. The third-order valence-electron chi connectivity index (χ3n) is 5.40. The molecular formula is C19H25F3O2. The first-order chi connectivity index (χ1) is 11.4. The van der Waals surface area contributed by atoms with Gasteiger partial charge in [0.15, 0.2) is 0 Å². The Bertz CT molecular complexity index is 531. The summed E-state index contributed by atoms with van der Waals surface area (Å²) in [6.07, 6.45) is 1.76. The summed E-state index contributed by atoms with van der Waals surface area (Å²) in [4.78, 5) is 0. The average Bonchev–Trinajstić information content (AvgIpc) is 3.14. The van der Waals surface area contributed by atoms with Gasteiger partial charge in [0.05, 0.1) is 0 Å². The van der Waals surface area contributed by atoms with E-state index in [9.17, 15) is 13.2 Å². The minimum absolute atomic E-state index is 0.252. The highest BCUT2D eigenvalue weighted by Gasteiger charge is 2.52. The molecule has 134 valence electrons. The van der Waals surface area contributed by atoms with Gasteiger partial charge >= 0.3 is 6.18 Å². The maximum Gasteiger partial charge on any atom is 0.411 e. The molecule has 24 heavy (non-hydrogen) atoms. The Kier molecular flexibility index (Phi) is 5.09. The second-order valence-electron chi connectivity index (χ2n) is 7.28. The number of hydrogen-bond donors (Lipinski definition) is 0. The number of hydrogen-bond acceptors (Lipinski definition) is 2. The van der Waals surface area contributed by atoms with E-state index in [-0.39, 0.29) is 5.41 Å². The van der Waals surface area contributed by atoms with Crippen LogP contribution < -0.4 is 4.74 Å². The van der Waals surface area contributed by atoms with Crippen LogP contribution in [0, 0.1) is 11.3 Å². The topological polar surface area (TPSA) is 18.5 Å². The van der Waals surface area contributed by atoms with E-state index in [0.29, 0.717) is 11.7 Å². The molecule has 0 aliphatic heterocycles. The summed E-state index contributed by atoms with van der Waals surface area (Å²) < 4.78 is 49.1. The van der Waals surface area contributed by atoms with E-state index < -0.39 is 19.1 Å². The van der Waals surface area contributed by atoms with E-state index in [2.05, 4.69) is 6.92 Å². The van der Waals surface area contributed by atoms with Crippen LogP contribution in [-0.4, -0.2) is 19.1 Å². The van der Waals surface area contributed by atoms with Crippen molar-refractivity contribution < 1.29 is 22.6 Å². The van der Waals surface area contributed by atoms with Crippen LogP contribution in [0.3, 0.4) is 0 Å². The lowest BCUT2D eigenvalue weighted by molar-refractivity contribution is -0.235. The molecule has 3 rings (SSSR count). The van der Waals surface area contributed by atoms with E-state index >= 15 is 0 Å². The zero-order chi connectivity index (χ0) is 17.2. The van der Waals surface area contributed by atoms with Gasteiger partial charge in [-0.2, -0.15) is 13.2 Å². The average molecular weight is 342 g/mol. The van der Waals surface area contributed by atoms with Gasteiger partial charge < -0.3 is 9.47 Å². The van der Waals surface area contributed by atoms with E-state index in [1.807, 2.05) is 24.3 Å². The van der Waals surface area contributed by atoms with E-state index in [0.717, 1.165) is 44.9 Å². The number of aryl methyl sites for hydroxylation is 1. The molecule has 1 aromatic carbocycles. The van der Waals surface area contributed by atoms with Crippen molar-refractivity contribution in [3.63, 3.8) is 0 Å². The molecule has 1 aromatic rings. The predicted molar refractivity (Wildman–Crippen MR) is 85.9 cm³/mol. The van der Waals surface area contributed by atoms with Crippen molar-refractivity contribution in [2.75, 3.05) is 6.61 Å². The Hall–Kier alpha value is -1.23. The van der Waals surface area contributed by atoms with Crippen molar-refractivity contribution in [1.29, 1.82) is 0 Å². The standard InChI is InChI=1S/C19H25F3O2/c1-2-3-14-4-6-16(7-5-14)24-17(23-13-19(20,21)22)18-10-8-15(12-18)9-11-18/h4-7,15,17H,2-3,8-13H2,1H3. The maximum absolute atomic E-state index is 12.6. The quantitative estimate of drug-likeness (QED) is 0.609. The molecule has 2 aliphatic rings. The van der Waals surface area contributed by atoms with Gasteiger partial charge in [-0.05, 0) is 62.1 Å². The Labute approximate surface area is 141 Å². The molecule has 0 heterocycles. The molecule has 2 aliphatic carbocycles. The van der Waals surface area contributed by atoms with Gasteiger partial charge in [-0.3, -0.25) is 0 Å². The predicted octanol–water partition coefficient (Wildman–Crippen LogP) is 5.50. The van der Waals surface area contributed by atoms with Gasteiger partial charge in [-0.25, -0.2) is 0 Å². The van der Waals surface area contributed by atoms with E-state index in [4.69, 9.17) is 9.47 Å². The molecule has 0 aromatic heterocycles. The van der Waals surface area contributed by atoms with Crippen molar-refractivity contribution in [1.82, 2.24) is 0 Å². The molecule has 2 fully saturated rings. The van der Waals surface area contributed by atoms with Crippen LogP contribution in [0.15, 0.2) is 24.3 Å². The molecular weight excluding hydrogens is 317 g/mol. The minimum atomic E-state index is -4.33. The van der Waals surface area contributed by atoms with Crippen molar-refractivity contribution >= 4 is 0 Å². The van der Waals surface area contributed by atoms with Crippen LogP contribution in [0.5, 0.6) is 5.75 Å². The lowest BCUT2D eigenvalue weighted by Crippen LogP contribution is -2.40. The zero-order valence-electron chi connectivity index (χ0n) is 14.1. The minimum Gasteiger partial charge on any atom is -0.464 e. The molecule has 0 radical (unpaired) electrons. The largest absolute Gasteiger partial charge is 0.464 e. The second kappa shape index (κ2) is 6.95. The summed E-state index contributed by atoms with van der Waals surface area (Å²) in [7, 11) is 0. The fourth-order valence-corrected chi connectivity index (χ4v) is 4.22. The van der Waals surface area contributed by atoms with Crippen LogP contribution in [0.1, 0.15) is 51.0 Å². The van der Waals surface area contributed by atoms with Crippen LogP contribution >= 0.6 is 0 Å². The van der Waals surface area contributed by atoms with Crippen molar-refractivity contribution in [3.05, 3.63) is 29.8 Å². The van der Waals surface area contributed by atoms with Crippen LogP contribution in [0.4, 0.5) is 13.2 Å². The van der Waals surface area contributed by atoms with Crippen molar-refractivity contribution in [2.24, 2.45) is 11.3 Å². The summed E-state index contributed by atoms with van der Waals surface area (Å²) in [6.45, 7) is 0.860. The summed E-state index contributed by atoms with van der Waals surface area (Å²) in [5.41, 5.74) is 0.954. The summed E-state index contributed by atoms with van der Waals surface area (Å²) >= 11 is 0. The number of fused-ring (bicyclic) bond motifs is 2. The Balaban J connectivity index is 1.72. The maximum atomic E-state index is 12.6. The molecule has 0 saturated heterocycles. The molecule has 1 unspecified atom stereocenters. The van der Waals surface area contributed by atoms with E-state index in [1.54, 1.807) is 0 Å².